The average Bonchev–Trinajstić information content (AvgIpc) is 3.55. The Labute approximate surface area is 265 Å². The number of esters is 1. The Balaban J connectivity index is 2.37. The van der Waals surface area contributed by atoms with Gasteiger partial charge in [-0.3, -0.25) is 4.79 Å². The summed E-state index contributed by atoms with van der Waals surface area (Å²) in [5.41, 5.74) is 0. The third-order valence-electron chi connectivity index (χ3n) is 10.9. The second-order valence-corrected chi connectivity index (χ2v) is 22.4. The number of alkyl halides is 1. The molecule has 7 atom stereocenters. The van der Waals surface area contributed by atoms with Gasteiger partial charge in [0.25, 0.3) is 0 Å². The fourth-order valence-corrected chi connectivity index (χ4v) is 13.1. The van der Waals surface area contributed by atoms with Crippen molar-refractivity contribution in [2.45, 2.75) is 173 Å². The van der Waals surface area contributed by atoms with Crippen molar-refractivity contribution in [3.05, 3.63) is 12.2 Å². The molecule has 0 amide bonds. The predicted molar refractivity (Wildman–Crippen MR) is 179 cm³/mol. The molecule has 0 radical (unpaired) electrons. The molecule has 1 unspecified atom stereocenters. The Morgan fingerprint density at radius 1 is 0.930 bits per heavy atom. The molecule has 0 bridgehead atoms. The van der Waals surface area contributed by atoms with Gasteiger partial charge in [-0.25, -0.2) is 4.39 Å². The standard InChI is InChI=1S/C34H65FO6Si2/c1-10-17-18-20-27(40-42(11-2,12-3)13-4)23-24-28-29-26-34(38-9,32(35)21-19-22-33(36)37-8)39-30(29)25-31(28)41-43(14-5,15-6)16-7/h23-24,27-32H,10-22,25-26H2,1-9H3/b24-23+/t27-,28?,29+,30-,31+,32-,34+/m0/s1. The number of methoxy groups -OCH3 is 2. The summed E-state index contributed by atoms with van der Waals surface area (Å²) in [6, 6.07) is 6.68. The van der Waals surface area contributed by atoms with Crippen LogP contribution >= 0.6 is 0 Å². The monoisotopic (exact) mass is 644 g/mol. The van der Waals surface area contributed by atoms with Gasteiger partial charge in [0, 0.05) is 25.9 Å². The molecular formula is C34H65FO6Si2. The van der Waals surface area contributed by atoms with Gasteiger partial charge in [0.1, 0.15) is 0 Å². The van der Waals surface area contributed by atoms with Crippen LogP contribution < -0.4 is 0 Å². The van der Waals surface area contributed by atoms with Crippen molar-refractivity contribution in [1.82, 2.24) is 0 Å². The average molecular weight is 645 g/mol. The molecule has 1 aliphatic carbocycles. The second kappa shape index (κ2) is 18.5. The molecule has 1 heterocycles. The maximum absolute atomic E-state index is 15.8. The summed E-state index contributed by atoms with van der Waals surface area (Å²) in [6.45, 7) is 15.9. The molecule has 1 saturated carbocycles. The largest absolute Gasteiger partial charge is 0.469 e. The summed E-state index contributed by atoms with van der Waals surface area (Å²) in [7, 11) is -0.742. The highest BCUT2D eigenvalue weighted by molar-refractivity contribution is 6.74. The molecule has 0 spiro atoms. The van der Waals surface area contributed by atoms with Crippen molar-refractivity contribution in [2.24, 2.45) is 11.8 Å². The van der Waals surface area contributed by atoms with Gasteiger partial charge in [0.2, 0.25) is 0 Å². The van der Waals surface area contributed by atoms with Gasteiger partial charge in [0.15, 0.2) is 28.6 Å². The topological polar surface area (TPSA) is 63.2 Å². The molecule has 252 valence electrons. The van der Waals surface area contributed by atoms with E-state index in [1.54, 1.807) is 7.11 Å². The van der Waals surface area contributed by atoms with Crippen molar-refractivity contribution in [3.63, 3.8) is 0 Å². The molecule has 0 N–H and O–H groups in total. The number of carbonyl (C=O) groups is 1. The fourth-order valence-electron chi connectivity index (χ4n) is 7.41. The van der Waals surface area contributed by atoms with Crippen LogP contribution in [0.1, 0.15) is 106 Å². The van der Waals surface area contributed by atoms with E-state index in [-0.39, 0.29) is 49.0 Å². The lowest BCUT2D eigenvalue weighted by Crippen LogP contribution is -2.45. The maximum atomic E-state index is 15.8. The summed E-state index contributed by atoms with van der Waals surface area (Å²) in [5, 5.41) is 0. The number of rotatable bonds is 22. The van der Waals surface area contributed by atoms with E-state index in [9.17, 15) is 4.79 Å². The van der Waals surface area contributed by atoms with Crippen molar-refractivity contribution in [1.29, 1.82) is 0 Å². The summed E-state index contributed by atoms with van der Waals surface area (Å²) in [6.07, 6.45) is 10.1. The lowest BCUT2D eigenvalue weighted by atomic mass is 9.87. The number of hydrogen-bond acceptors (Lipinski definition) is 6. The molecule has 9 heteroatoms. The lowest BCUT2D eigenvalue weighted by molar-refractivity contribution is -0.248. The van der Waals surface area contributed by atoms with Crippen LogP contribution in [-0.2, 0) is 27.9 Å². The first-order valence-electron chi connectivity index (χ1n) is 17.6. The van der Waals surface area contributed by atoms with Crippen LogP contribution in [0.3, 0.4) is 0 Å². The Hall–Kier alpha value is -0.586. The molecule has 0 aromatic rings. The molecule has 2 rings (SSSR count). The van der Waals surface area contributed by atoms with E-state index < -0.39 is 28.6 Å². The van der Waals surface area contributed by atoms with E-state index in [4.69, 9.17) is 23.1 Å². The minimum absolute atomic E-state index is 0.0619. The third-order valence-corrected chi connectivity index (χ3v) is 20.3. The Kier molecular flexibility index (Phi) is 16.6. The normalized spacial score (nSPS) is 27.5. The van der Waals surface area contributed by atoms with Crippen LogP contribution in [0.5, 0.6) is 0 Å². The molecule has 43 heavy (non-hydrogen) atoms. The second-order valence-electron chi connectivity index (χ2n) is 13.0. The zero-order valence-electron chi connectivity index (χ0n) is 29.1. The summed E-state index contributed by atoms with van der Waals surface area (Å²) >= 11 is 0. The van der Waals surface area contributed by atoms with Gasteiger partial charge in [-0.05, 0) is 67.9 Å². The Bertz CT molecular complexity index is 819. The van der Waals surface area contributed by atoms with E-state index in [1.165, 1.54) is 20.0 Å². The summed E-state index contributed by atoms with van der Waals surface area (Å²) < 4.78 is 47.1. The van der Waals surface area contributed by atoms with Gasteiger partial charge in [-0.2, -0.15) is 0 Å². The number of ether oxygens (including phenoxy) is 3. The molecule has 2 aliphatic rings. The van der Waals surface area contributed by atoms with Crippen LogP contribution in [-0.4, -0.2) is 67.1 Å². The molecule has 0 aromatic heterocycles. The van der Waals surface area contributed by atoms with Gasteiger partial charge in [-0.1, -0.05) is 79.9 Å². The van der Waals surface area contributed by atoms with Crippen molar-refractivity contribution >= 4 is 22.6 Å². The predicted octanol–water partition coefficient (Wildman–Crippen LogP) is 9.35. The fraction of sp³-hybridized carbons (Fsp3) is 0.912. The highest BCUT2D eigenvalue weighted by Gasteiger charge is 2.59. The first-order chi connectivity index (χ1) is 20.6. The van der Waals surface area contributed by atoms with E-state index >= 15 is 4.39 Å². The number of hydrogen-bond donors (Lipinski definition) is 0. The van der Waals surface area contributed by atoms with Crippen LogP contribution in [0.25, 0.3) is 0 Å². The van der Waals surface area contributed by atoms with Gasteiger partial charge >= 0.3 is 5.97 Å². The number of carbonyl (C=O) groups excluding carboxylic acids is 1. The van der Waals surface area contributed by atoms with Gasteiger partial charge in [0.05, 0.1) is 25.4 Å². The molecule has 2 fully saturated rings. The molecule has 6 nitrogen and oxygen atoms in total. The number of fused-ring (bicyclic) bond motifs is 1. The van der Waals surface area contributed by atoms with Gasteiger partial charge in [-0.15, -0.1) is 0 Å². The summed E-state index contributed by atoms with van der Waals surface area (Å²) in [4.78, 5) is 11.6. The Morgan fingerprint density at radius 3 is 2.09 bits per heavy atom. The lowest BCUT2D eigenvalue weighted by Gasteiger charge is -2.37. The first-order valence-corrected chi connectivity index (χ1v) is 22.6. The highest BCUT2D eigenvalue weighted by atomic mass is 28.4. The quantitative estimate of drug-likeness (QED) is 0.0507. The molecule has 1 saturated heterocycles. The van der Waals surface area contributed by atoms with Crippen LogP contribution in [0, 0.1) is 11.8 Å². The molecular weight excluding hydrogens is 580 g/mol. The van der Waals surface area contributed by atoms with Crippen molar-refractivity contribution < 1.29 is 32.2 Å². The molecule has 1 aliphatic heterocycles. The molecule has 0 aromatic carbocycles. The first kappa shape index (κ1) is 38.6. The zero-order valence-corrected chi connectivity index (χ0v) is 31.1. The van der Waals surface area contributed by atoms with E-state index in [1.807, 2.05) is 0 Å². The third kappa shape index (κ3) is 9.95. The van der Waals surface area contributed by atoms with Crippen LogP contribution in [0.15, 0.2) is 12.2 Å². The Morgan fingerprint density at radius 2 is 1.56 bits per heavy atom. The zero-order chi connectivity index (χ0) is 32.1. The number of unbranched alkanes of at least 4 members (excludes halogenated alkanes) is 2. The highest BCUT2D eigenvalue weighted by Crippen LogP contribution is 2.52. The van der Waals surface area contributed by atoms with E-state index in [0.717, 1.165) is 55.5 Å². The minimum Gasteiger partial charge on any atom is -0.469 e. The van der Waals surface area contributed by atoms with Crippen LogP contribution in [0.4, 0.5) is 4.39 Å². The SMILES string of the molecule is CCCCC[C@@H](/C=C/C1[C@H]2C[C@](OC)([C@@H](F)CCCC(=O)OC)O[C@H]2C[C@H]1O[Si](CC)(CC)CC)O[Si](CC)(CC)CC. The van der Waals surface area contributed by atoms with Crippen molar-refractivity contribution in [2.75, 3.05) is 14.2 Å². The van der Waals surface area contributed by atoms with E-state index in [0.29, 0.717) is 12.8 Å². The van der Waals surface area contributed by atoms with Crippen LogP contribution in [0.2, 0.25) is 36.3 Å². The number of halogens is 1. The van der Waals surface area contributed by atoms with Gasteiger partial charge < -0.3 is 23.1 Å². The van der Waals surface area contributed by atoms with E-state index in [2.05, 4.69) is 60.6 Å². The smallest absolute Gasteiger partial charge is 0.305 e. The maximum Gasteiger partial charge on any atom is 0.305 e. The summed E-state index contributed by atoms with van der Waals surface area (Å²) in [5.74, 6) is -1.37. The minimum atomic E-state index is -1.87. The van der Waals surface area contributed by atoms with Crippen molar-refractivity contribution in [3.8, 4) is 0 Å².